The second kappa shape index (κ2) is 13.8. The van der Waals surface area contributed by atoms with E-state index < -0.39 is 11.6 Å². The van der Waals surface area contributed by atoms with Gasteiger partial charge in [0.15, 0.2) is 11.4 Å². The van der Waals surface area contributed by atoms with Crippen LogP contribution in [-0.4, -0.2) is 89.8 Å². The molecule has 0 fully saturated rings. The van der Waals surface area contributed by atoms with Crippen molar-refractivity contribution in [2.45, 2.75) is 45.4 Å². The van der Waals surface area contributed by atoms with Gasteiger partial charge in [0, 0.05) is 38.6 Å². The van der Waals surface area contributed by atoms with E-state index in [4.69, 9.17) is 24.9 Å². The highest BCUT2D eigenvalue weighted by atomic mass is 16.6. The van der Waals surface area contributed by atoms with Crippen LogP contribution in [0.4, 0.5) is 5.82 Å². The summed E-state index contributed by atoms with van der Waals surface area (Å²) < 4.78 is 18.4. The minimum atomic E-state index is -1.15. The van der Waals surface area contributed by atoms with E-state index in [2.05, 4.69) is 9.55 Å². The summed E-state index contributed by atoms with van der Waals surface area (Å²) in [6.07, 6.45) is 1.31. The minimum absolute atomic E-state index is 0.0141. The normalized spacial score (nSPS) is 11.8. The first-order chi connectivity index (χ1) is 20.5. The molecule has 0 aliphatic heterocycles. The Morgan fingerprint density at radius 3 is 2.53 bits per heavy atom. The number of ether oxygens (including phenoxy) is 3. The number of carbonyl (C=O) groups is 2. The number of esters is 1. The van der Waals surface area contributed by atoms with E-state index in [1.54, 1.807) is 27.0 Å². The van der Waals surface area contributed by atoms with E-state index in [-0.39, 0.29) is 12.5 Å². The molecule has 0 spiro atoms. The number of aryl methyl sites for hydroxylation is 1. The van der Waals surface area contributed by atoms with E-state index >= 15 is 0 Å². The number of fused-ring (bicyclic) bond motifs is 3. The van der Waals surface area contributed by atoms with Gasteiger partial charge in [0.1, 0.15) is 17.1 Å². The van der Waals surface area contributed by atoms with Crippen molar-refractivity contribution in [3.05, 3.63) is 59.9 Å². The van der Waals surface area contributed by atoms with Gasteiger partial charge in [0.2, 0.25) is 5.91 Å². The largest absolute Gasteiger partial charge is 0.476 e. The number of aromatic nitrogens is 3. The molecule has 0 bridgehead atoms. The van der Waals surface area contributed by atoms with E-state index in [0.29, 0.717) is 56.2 Å². The Hall–Kier alpha value is -4.22. The van der Waals surface area contributed by atoms with Gasteiger partial charge in [-0.25, -0.2) is 14.8 Å². The summed E-state index contributed by atoms with van der Waals surface area (Å²) in [6.45, 7) is 5.67. The Balaban J connectivity index is 1.59. The molecule has 2 aromatic heterocycles. The van der Waals surface area contributed by atoms with Crippen molar-refractivity contribution in [3.63, 3.8) is 0 Å². The lowest BCUT2D eigenvalue weighted by molar-refractivity contribution is -0.156. The average molecular weight is 591 g/mol. The Morgan fingerprint density at radius 1 is 1.05 bits per heavy atom. The van der Waals surface area contributed by atoms with Crippen molar-refractivity contribution in [1.82, 2.24) is 24.3 Å². The lowest BCUT2D eigenvalue weighted by atomic mass is 10.1. The van der Waals surface area contributed by atoms with E-state index in [1.807, 2.05) is 66.4 Å². The van der Waals surface area contributed by atoms with Crippen molar-refractivity contribution >= 4 is 39.6 Å². The monoisotopic (exact) mass is 590 g/mol. The molecule has 0 aliphatic rings. The van der Waals surface area contributed by atoms with Crippen LogP contribution in [0.25, 0.3) is 21.9 Å². The van der Waals surface area contributed by atoms with Gasteiger partial charge in [-0.05, 0) is 58.1 Å². The van der Waals surface area contributed by atoms with Crippen LogP contribution in [0.15, 0.2) is 48.5 Å². The zero-order valence-electron chi connectivity index (χ0n) is 25.9. The number of hydrogen-bond acceptors (Lipinski definition) is 9. The molecule has 4 aromatic rings. The van der Waals surface area contributed by atoms with Gasteiger partial charge in [-0.15, -0.1) is 0 Å². The highest BCUT2D eigenvalue weighted by Crippen LogP contribution is 2.29. The van der Waals surface area contributed by atoms with Crippen LogP contribution in [0.2, 0.25) is 0 Å². The van der Waals surface area contributed by atoms with Gasteiger partial charge < -0.3 is 34.3 Å². The van der Waals surface area contributed by atoms with Gasteiger partial charge in [-0.2, -0.15) is 0 Å². The molecule has 2 heterocycles. The lowest BCUT2D eigenvalue weighted by Gasteiger charge is -2.26. The molecular formula is C32H42N6O5. The topological polar surface area (TPSA) is 125 Å². The Morgan fingerprint density at radius 2 is 1.81 bits per heavy atom. The second-order valence-electron chi connectivity index (χ2n) is 11.3. The molecule has 0 atom stereocenters. The molecule has 1 amide bonds. The summed E-state index contributed by atoms with van der Waals surface area (Å²) >= 11 is 0. The Kier molecular flexibility index (Phi) is 10.2. The molecule has 11 heteroatoms. The molecule has 0 radical (unpaired) electrons. The van der Waals surface area contributed by atoms with Crippen LogP contribution >= 0.6 is 0 Å². The van der Waals surface area contributed by atoms with Crippen LogP contribution in [0, 0.1) is 0 Å². The molecule has 0 aliphatic carbocycles. The van der Waals surface area contributed by atoms with Crippen LogP contribution in [0.3, 0.4) is 0 Å². The maximum Gasteiger partial charge on any atom is 0.349 e. The van der Waals surface area contributed by atoms with Crippen LogP contribution in [-0.2, 0) is 38.6 Å². The number of amides is 1. The summed E-state index contributed by atoms with van der Waals surface area (Å²) in [4.78, 5) is 38.6. The number of para-hydroxylation sites is 1. The third-order valence-corrected chi connectivity index (χ3v) is 7.15. The third kappa shape index (κ3) is 7.60. The molecule has 4 rings (SSSR count). The molecule has 2 aromatic carbocycles. The number of carbonyl (C=O) groups excluding carboxylic acids is 2. The number of hydrogen-bond donors (Lipinski definition) is 1. The van der Waals surface area contributed by atoms with E-state index in [9.17, 15) is 9.59 Å². The lowest BCUT2D eigenvalue weighted by Crippen LogP contribution is -2.39. The number of methoxy groups -OCH3 is 2. The zero-order valence-corrected chi connectivity index (χ0v) is 25.9. The van der Waals surface area contributed by atoms with E-state index in [1.165, 1.54) is 7.11 Å². The summed E-state index contributed by atoms with van der Waals surface area (Å²) in [7, 11) is 6.76. The fraction of sp³-hybridized carbons (Fsp3) is 0.438. The number of likely N-dealkylation sites (N-methyl/N-ethyl adjacent to an activating group) is 1. The number of nitrogens with two attached hydrogens (primary N) is 1. The maximum absolute atomic E-state index is 13.4. The average Bonchev–Trinajstić information content (AvgIpc) is 3.33. The highest BCUT2D eigenvalue weighted by Gasteiger charge is 2.31. The molecule has 230 valence electrons. The fourth-order valence-electron chi connectivity index (χ4n) is 5.12. The predicted molar refractivity (Wildman–Crippen MR) is 167 cm³/mol. The quantitative estimate of drug-likeness (QED) is 0.219. The third-order valence-electron chi connectivity index (χ3n) is 7.15. The van der Waals surface area contributed by atoms with Gasteiger partial charge in [0.25, 0.3) is 0 Å². The van der Waals surface area contributed by atoms with Gasteiger partial charge >= 0.3 is 5.97 Å². The molecule has 0 saturated carbocycles. The van der Waals surface area contributed by atoms with Crippen LogP contribution in [0.1, 0.15) is 31.7 Å². The van der Waals surface area contributed by atoms with Crippen molar-refractivity contribution in [2.75, 3.05) is 53.7 Å². The second-order valence-corrected chi connectivity index (χ2v) is 11.3. The SMILES string of the molecule is COCCc1nc2c(N)nc3ccccc3c2n1CCCN(Cc1cccc(OC(C)(C)C(=O)OC)c1)C(=O)CN(C)C. The van der Waals surface area contributed by atoms with Gasteiger partial charge in [0.05, 0.1) is 31.3 Å². The summed E-state index contributed by atoms with van der Waals surface area (Å²) in [5.74, 6) is 1.33. The Bertz CT molecular complexity index is 1580. The molecular weight excluding hydrogens is 548 g/mol. The number of benzene rings is 2. The molecule has 0 saturated heterocycles. The minimum Gasteiger partial charge on any atom is -0.476 e. The zero-order chi connectivity index (χ0) is 31.1. The number of nitrogens with zero attached hydrogens (tertiary/aromatic N) is 5. The summed E-state index contributed by atoms with van der Waals surface area (Å²) in [5, 5.41) is 0.982. The van der Waals surface area contributed by atoms with Gasteiger partial charge in [-0.1, -0.05) is 30.3 Å². The fourth-order valence-corrected chi connectivity index (χ4v) is 5.12. The number of imidazole rings is 1. The smallest absolute Gasteiger partial charge is 0.349 e. The van der Waals surface area contributed by atoms with Crippen molar-refractivity contribution in [3.8, 4) is 5.75 Å². The Labute approximate surface area is 252 Å². The van der Waals surface area contributed by atoms with Gasteiger partial charge in [-0.3, -0.25) is 4.79 Å². The van der Waals surface area contributed by atoms with Crippen LogP contribution in [0.5, 0.6) is 5.75 Å². The van der Waals surface area contributed by atoms with Crippen molar-refractivity contribution in [1.29, 1.82) is 0 Å². The number of anilines is 1. The standard InChI is InChI=1S/C32H42N6O5/c1-32(2,31(40)42-6)43-23-12-9-11-22(19-23)20-37(27(39)21-36(3)4)16-10-17-38-26(15-18-41-5)35-28-29(38)24-13-7-8-14-25(24)34-30(28)33/h7-9,11-14,19H,10,15-18,20-21H2,1-6H3,(H2,33,34). The first-order valence-corrected chi connectivity index (χ1v) is 14.3. The van der Waals surface area contributed by atoms with E-state index in [0.717, 1.165) is 27.8 Å². The summed E-state index contributed by atoms with van der Waals surface area (Å²) in [5.41, 5.74) is 8.52. The van der Waals surface area contributed by atoms with Crippen LogP contribution < -0.4 is 10.5 Å². The number of nitrogen functional groups attached to an aromatic ring is 1. The maximum atomic E-state index is 13.4. The first-order valence-electron chi connectivity index (χ1n) is 14.3. The highest BCUT2D eigenvalue weighted by molar-refractivity contribution is 6.06. The summed E-state index contributed by atoms with van der Waals surface area (Å²) in [6, 6.07) is 15.4. The number of pyridine rings is 1. The molecule has 11 nitrogen and oxygen atoms in total. The van der Waals surface area contributed by atoms with Crippen molar-refractivity contribution in [2.24, 2.45) is 0 Å². The van der Waals surface area contributed by atoms with Crippen molar-refractivity contribution < 1.29 is 23.8 Å². The first kappa shape index (κ1) is 31.7. The predicted octanol–water partition coefficient (Wildman–Crippen LogP) is 3.67. The molecule has 43 heavy (non-hydrogen) atoms. The molecule has 0 unspecified atom stereocenters. The number of rotatable bonds is 14. The molecule has 2 N–H and O–H groups in total.